The van der Waals surface area contributed by atoms with E-state index < -0.39 is 0 Å². The summed E-state index contributed by atoms with van der Waals surface area (Å²) in [4.78, 5) is 6.82. The molecule has 0 aliphatic carbocycles. The molecule has 1 aliphatic heterocycles. The number of anilines is 1. The van der Waals surface area contributed by atoms with Gasteiger partial charge in [-0.3, -0.25) is 4.57 Å². The van der Waals surface area contributed by atoms with Gasteiger partial charge in [0.1, 0.15) is 5.76 Å². The molecule has 0 bridgehead atoms. The van der Waals surface area contributed by atoms with Crippen molar-refractivity contribution in [3.05, 3.63) is 59.9 Å². The van der Waals surface area contributed by atoms with Crippen LogP contribution in [0, 0.1) is 6.92 Å². The van der Waals surface area contributed by atoms with Crippen molar-refractivity contribution in [1.82, 2.24) is 24.9 Å². The molecule has 0 atom stereocenters. The number of nitrogens with zero attached hydrogens (tertiary/aromatic N) is 6. The minimum Gasteiger partial charge on any atom is -0.467 e. The van der Waals surface area contributed by atoms with Gasteiger partial charge in [0.05, 0.1) is 18.6 Å². The highest BCUT2D eigenvalue weighted by Gasteiger charge is 2.22. The van der Waals surface area contributed by atoms with Gasteiger partial charge in [0, 0.05) is 18.7 Å². The summed E-state index contributed by atoms with van der Waals surface area (Å²) in [5.74, 6) is 3.44. The van der Waals surface area contributed by atoms with E-state index >= 15 is 0 Å². The van der Waals surface area contributed by atoms with Gasteiger partial charge in [0.15, 0.2) is 5.16 Å². The van der Waals surface area contributed by atoms with Crippen molar-refractivity contribution in [2.45, 2.75) is 37.2 Å². The van der Waals surface area contributed by atoms with Crippen molar-refractivity contribution in [1.29, 1.82) is 0 Å². The van der Waals surface area contributed by atoms with Gasteiger partial charge in [0.2, 0.25) is 17.7 Å². The van der Waals surface area contributed by atoms with Gasteiger partial charge in [-0.1, -0.05) is 40.7 Å². The minimum atomic E-state index is 0.523. The molecular weight excluding hydrogens is 400 g/mol. The molecule has 0 spiro atoms. The first-order valence-corrected chi connectivity index (χ1v) is 11.0. The second-order valence-corrected chi connectivity index (χ2v) is 8.25. The number of aryl methyl sites for hydroxylation is 1. The molecule has 5 rings (SSSR count). The van der Waals surface area contributed by atoms with Gasteiger partial charge >= 0.3 is 0 Å². The summed E-state index contributed by atoms with van der Waals surface area (Å²) in [6, 6.07) is 11.9. The lowest BCUT2D eigenvalue weighted by Crippen LogP contribution is -2.22. The molecule has 0 saturated carbocycles. The number of hydrogen-bond donors (Lipinski definition) is 0. The zero-order valence-corrected chi connectivity index (χ0v) is 17.5. The lowest BCUT2D eigenvalue weighted by atomic mass is 10.1. The van der Waals surface area contributed by atoms with Crippen LogP contribution in [-0.4, -0.2) is 38.0 Å². The van der Waals surface area contributed by atoms with Crippen molar-refractivity contribution in [3.63, 3.8) is 0 Å². The molecule has 1 aromatic carbocycles. The molecule has 9 heteroatoms. The van der Waals surface area contributed by atoms with E-state index in [1.54, 1.807) is 6.26 Å². The monoisotopic (exact) mass is 422 g/mol. The van der Waals surface area contributed by atoms with Crippen molar-refractivity contribution in [2.75, 3.05) is 18.0 Å². The SMILES string of the molecule is Cc1cccc(-c2noc(CSc3nnc(N4CCCC4)n3Cc3ccco3)n2)c1. The van der Waals surface area contributed by atoms with Gasteiger partial charge in [-0.05, 0) is 38.0 Å². The Labute approximate surface area is 178 Å². The summed E-state index contributed by atoms with van der Waals surface area (Å²) in [6.45, 7) is 4.64. The maximum absolute atomic E-state index is 5.56. The maximum Gasteiger partial charge on any atom is 0.237 e. The Bertz CT molecular complexity index is 1110. The molecule has 3 aromatic heterocycles. The highest BCUT2D eigenvalue weighted by molar-refractivity contribution is 7.98. The van der Waals surface area contributed by atoms with Crippen LogP contribution in [-0.2, 0) is 12.3 Å². The Morgan fingerprint density at radius 2 is 2.00 bits per heavy atom. The van der Waals surface area contributed by atoms with Gasteiger partial charge in [0.25, 0.3) is 0 Å². The molecular formula is C21H22N6O2S. The quantitative estimate of drug-likeness (QED) is 0.410. The lowest BCUT2D eigenvalue weighted by molar-refractivity contribution is 0.391. The predicted molar refractivity (Wildman–Crippen MR) is 113 cm³/mol. The number of thioether (sulfide) groups is 1. The number of furan rings is 1. The Morgan fingerprint density at radius 3 is 2.80 bits per heavy atom. The van der Waals surface area contributed by atoms with Crippen LogP contribution < -0.4 is 4.90 Å². The second kappa shape index (κ2) is 8.35. The van der Waals surface area contributed by atoms with Gasteiger partial charge in [-0.15, -0.1) is 10.2 Å². The number of aromatic nitrogens is 5. The fourth-order valence-corrected chi connectivity index (χ4v) is 4.35. The Morgan fingerprint density at radius 1 is 1.10 bits per heavy atom. The second-order valence-electron chi connectivity index (χ2n) is 7.31. The van der Waals surface area contributed by atoms with Gasteiger partial charge in [-0.2, -0.15) is 4.98 Å². The molecule has 4 aromatic rings. The Kier molecular flexibility index (Phi) is 5.27. The van der Waals surface area contributed by atoms with E-state index in [9.17, 15) is 0 Å². The van der Waals surface area contributed by atoms with Crippen LogP contribution in [0.15, 0.2) is 56.8 Å². The van der Waals surface area contributed by atoms with E-state index in [-0.39, 0.29) is 0 Å². The van der Waals surface area contributed by atoms with E-state index in [2.05, 4.69) is 29.8 Å². The van der Waals surface area contributed by atoms with Crippen LogP contribution in [0.25, 0.3) is 11.4 Å². The first-order valence-electron chi connectivity index (χ1n) is 9.99. The van der Waals surface area contributed by atoms with Crippen LogP contribution >= 0.6 is 11.8 Å². The highest BCUT2D eigenvalue weighted by atomic mass is 32.2. The van der Waals surface area contributed by atoms with Crippen LogP contribution in [0.3, 0.4) is 0 Å². The normalized spacial score (nSPS) is 14.0. The van der Waals surface area contributed by atoms with Crippen LogP contribution in [0.2, 0.25) is 0 Å². The summed E-state index contributed by atoms with van der Waals surface area (Å²) in [5.41, 5.74) is 2.11. The molecule has 1 fully saturated rings. The standard InChI is InChI=1S/C21H22N6O2S/c1-15-6-4-7-16(12-15)19-22-18(29-25-19)14-30-21-24-23-20(26-9-2-3-10-26)27(21)13-17-8-5-11-28-17/h4-8,11-12H,2-3,9-10,13-14H2,1H3. The summed E-state index contributed by atoms with van der Waals surface area (Å²) < 4.78 is 13.1. The molecule has 0 radical (unpaired) electrons. The van der Waals surface area contributed by atoms with E-state index in [4.69, 9.17) is 8.94 Å². The molecule has 0 unspecified atom stereocenters. The molecule has 30 heavy (non-hydrogen) atoms. The fraction of sp³-hybridized carbons (Fsp3) is 0.333. The number of rotatable bonds is 7. The third-order valence-corrected chi connectivity index (χ3v) is 6.00. The average Bonchev–Trinajstić information content (AvgIpc) is 3.54. The largest absolute Gasteiger partial charge is 0.467 e. The van der Waals surface area contributed by atoms with E-state index in [0.717, 1.165) is 41.1 Å². The summed E-state index contributed by atoms with van der Waals surface area (Å²) >= 11 is 1.54. The van der Waals surface area contributed by atoms with Crippen LogP contribution in [0.1, 0.15) is 30.1 Å². The average molecular weight is 423 g/mol. The molecule has 0 N–H and O–H groups in total. The first-order chi connectivity index (χ1) is 14.8. The molecule has 8 nitrogen and oxygen atoms in total. The molecule has 4 heterocycles. The highest BCUT2D eigenvalue weighted by Crippen LogP contribution is 2.28. The summed E-state index contributed by atoms with van der Waals surface area (Å²) in [7, 11) is 0. The summed E-state index contributed by atoms with van der Waals surface area (Å²) in [6.07, 6.45) is 4.05. The zero-order valence-electron chi connectivity index (χ0n) is 16.7. The minimum absolute atomic E-state index is 0.523. The van der Waals surface area contributed by atoms with E-state index in [0.29, 0.717) is 24.0 Å². The van der Waals surface area contributed by atoms with Crippen LogP contribution in [0.4, 0.5) is 5.95 Å². The number of hydrogen-bond acceptors (Lipinski definition) is 8. The Hall–Kier alpha value is -3.07. The summed E-state index contributed by atoms with van der Waals surface area (Å²) in [5, 5.41) is 13.8. The molecule has 154 valence electrons. The topological polar surface area (TPSA) is 86.0 Å². The van der Waals surface area contributed by atoms with Crippen molar-refractivity contribution in [2.24, 2.45) is 0 Å². The van der Waals surface area contributed by atoms with E-state index in [1.807, 2.05) is 43.3 Å². The first kappa shape index (κ1) is 18.9. The third-order valence-electron chi connectivity index (χ3n) is 5.05. The van der Waals surface area contributed by atoms with Crippen LogP contribution in [0.5, 0.6) is 0 Å². The lowest BCUT2D eigenvalue weighted by Gasteiger charge is -2.17. The molecule has 0 amide bonds. The zero-order chi connectivity index (χ0) is 20.3. The fourth-order valence-electron chi connectivity index (χ4n) is 3.58. The smallest absolute Gasteiger partial charge is 0.237 e. The number of benzene rings is 1. The molecule has 1 aliphatic rings. The third kappa shape index (κ3) is 3.97. The van der Waals surface area contributed by atoms with Gasteiger partial charge in [-0.25, -0.2) is 0 Å². The Balaban J connectivity index is 1.34. The van der Waals surface area contributed by atoms with Crippen molar-refractivity contribution >= 4 is 17.7 Å². The van der Waals surface area contributed by atoms with Gasteiger partial charge < -0.3 is 13.8 Å². The predicted octanol–water partition coefficient (Wildman–Crippen LogP) is 4.17. The molecule has 1 saturated heterocycles. The van der Waals surface area contributed by atoms with Crippen molar-refractivity contribution < 1.29 is 8.94 Å². The van der Waals surface area contributed by atoms with E-state index in [1.165, 1.54) is 24.6 Å². The maximum atomic E-state index is 5.56. The van der Waals surface area contributed by atoms with Crippen molar-refractivity contribution in [3.8, 4) is 11.4 Å².